The zero-order valence-corrected chi connectivity index (χ0v) is 36.7. The Morgan fingerprint density at radius 2 is 0.912 bits per heavy atom. The molecule has 0 aromatic carbocycles. The van der Waals surface area contributed by atoms with Crippen molar-refractivity contribution in [3.63, 3.8) is 0 Å². The number of phosphoric acid groups is 1. The Hall–Kier alpha value is -2.81. The highest BCUT2D eigenvalue weighted by Crippen LogP contribution is 2.43. The van der Waals surface area contributed by atoms with Gasteiger partial charge in [-0.1, -0.05) is 157 Å². The first-order valence-electron chi connectivity index (χ1n) is 22.1. The average molecular weight is 818 g/mol. The maximum absolute atomic E-state index is 12.6. The van der Waals surface area contributed by atoms with Crippen LogP contribution < -0.4 is 5.73 Å². The SMILES string of the molecule is CC/C=C\C/C=C\C/C=C\C/C=C\CCCCCCCCC(=O)OC(COC(=O)CCCCCCCCC/C=C\C/C=C\C/C=C\CC)COP(=O)(O)OCCN. The molecular weight excluding hydrogens is 737 g/mol. The van der Waals surface area contributed by atoms with Gasteiger partial charge < -0.3 is 20.1 Å². The van der Waals surface area contributed by atoms with E-state index in [9.17, 15) is 19.0 Å². The van der Waals surface area contributed by atoms with Crippen molar-refractivity contribution in [2.24, 2.45) is 5.73 Å². The fourth-order valence-corrected chi connectivity index (χ4v) is 6.35. The van der Waals surface area contributed by atoms with Crippen LogP contribution in [-0.2, 0) is 32.7 Å². The van der Waals surface area contributed by atoms with E-state index in [1.807, 2.05) is 0 Å². The largest absolute Gasteiger partial charge is 0.472 e. The molecule has 57 heavy (non-hydrogen) atoms. The Balaban J connectivity index is 4.20. The van der Waals surface area contributed by atoms with Crippen LogP contribution in [0, 0.1) is 0 Å². The number of rotatable bonds is 40. The fraction of sp³-hybridized carbons (Fsp3) is 0.660. The lowest BCUT2D eigenvalue weighted by Crippen LogP contribution is -2.29. The van der Waals surface area contributed by atoms with Crippen LogP contribution in [0.25, 0.3) is 0 Å². The van der Waals surface area contributed by atoms with Crippen LogP contribution in [0.3, 0.4) is 0 Å². The van der Waals surface area contributed by atoms with Crippen molar-refractivity contribution in [3.8, 4) is 0 Å². The summed E-state index contributed by atoms with van der Waals surface area (Å²) in [6.07, 6.45) is 53.2. The highest BCUT2D eigenvalue weighted by molar-refractivity contribution is 7.47. The molecule has 0 aromatic heterocycles. The third-order valence-electron chi connectivity index (χ3n) is 8.78. The molecule has 0 rings (SSSR count). The van der Waals surface area contributed by atoms with Crippen molar-refractivity contribution < 1.29 is 37.6 Å². The summed E-state index contributed by atoms with van der Waals surface area (Å²) in [4.78, 5) is 34.9. The van der Waals surface area contributed by atoms with Crippen LogP contribution in [-0.4, -0.2) is 49.3 Å². The summed E-state index contributed by atoms with van der Waals surface area (Å²) >= 11 is 0. The Kier molecular flexibility index (Phi) is 40.7. The van der Waals surface area contributed by atoms with Gasteiger partial charge in [0.2, 0.25) is 0 Å². The van der Waals surface area contributed by atoms with Crippen molar-refractivity contribution in [1.82, 2.24) is 0 Å². The van der Waals surface area contributed by atoms with Gasteiger partial charge in [-0.2, -0.15) is 0 Å². The smallest absolute Gasteiger partial charge is 0.462 e. The monoisotopic (exact) mass is 818 g/mol. The van der Waals surface area contributed by atoms with Gasteiger partial charge in [-0.3, -0.25) is 18.6 Å². The maximum Gasteiger partial charge on any atom is 0.472 e. The molecule has 0 aliphatic heterocycles. The molecule has 10 heteroatoms. The second-order valence-corrected chi connectivity index (χ2v) is 15.6. The predicted octanol–water partition coefficient (Wildman–Crippen LogP) is 12.8. The van der Waals surface area contributed by atoms with E-state index in [-0.39, 0.29) is 32.6 Å². The molecule has 0 spiro atoms. The summed E-state index contributed by atoms with van der Waals surface area (Å²) in [5.41, 5.74) is 5.35. The fourth-order valence-electron chi connectivity index (χ4n) is 5.58. The van der Waals surface area contributed by atoms with Gasteiger partial charge >= 0.3 is 19.8 Å². The number of carbonyl (C=O) groups is 2. The Morgan fingerprint density at radius 3 is 1.35 bits per heavy atom. The molecule has 2 unspecified atom stereocenters. The van der Waals surface area contributed by atoms with E-state index < -0.39 is 32.5 Å². The molecule has 0 bridgehead atoms. The molecule has 0 fully saturated rings. The molecule has 9 nitrogen and oxygen atoms in total. The number of allylic oxidation sites excluding steroid dienone is 14. The van der Waals surface area contributed by atoms with Crippen LogP contribution in [0.1, 0.15) is 168 Å². The van der Waals surface area contributed by atoms with Gasteiger partial charge in [0.25, 0.3) is 0 Å². The predicted molar refractivity (Wildman–Crippen MR) is 238 cm³/mol. The number of carbonyl (C=O) groups excluding carboxylic acids is 2. The van der Waals surface area contributed by atoms with Gasteiger partial charge in [-0.05, 0) is 83.5 Å². The van der Waals surface area contributed by atoms with Crippen molar-refractivity contribution in [1.29, 1.82) is 0 Å². The minimum Gasteiger partial charge on any atom is -0.462 e. The highest BCUT2D eigenvalue weighted by Gasteiger charge is 2.26. The van der Waals surface area contributed by atoms with Crippen molar-refractivity contribution in [2.75, 3.05) is 26.4 Å². The number of unbranched alkanes of at least 4 members (excludes halogenated alkanes) is 13. The molecule has 0 aliphatic rings. The normalized spacial score (nSPS) is 14.1. The average Bonchev–Trinajstić information content (AvgIpc) is 3.20. The van der Waals surface area contributed by atoms with Crippen molar-refractivity contribution in [3.05, 3.63) is 85.1 Å². The molecule has 0 radical (unpaired) electrons. The number of phosphoric ester groups is 1. The summed E-state index contributed by atoms with van der Waals surface area (Å²) in [5.74, 6) is -0.863. The van der Waals surface area contributed by atoms with Gasteiger partial charge in [-0.25, -0.2) is 4.57 Å². The zero-order chi connectivity index (χ0) is 41.8. The minimum atomic E-state index is -4.39. The second kappa shape index (κ2) is 42.8. The van der Waals surface area contributed by atoms with Gasteiger partial charge in [0.05, 0.1) is 13.2 Å². The van der Waals surface area contributed by atoms with E-state index in [0.29, 0.717) is 12.8 Å². The molecule has 0 amide bonds. The van der Waals surface area contributed by atoms with E-state index in [1.54, 1.807) is 0 Å². The molecule has 0 aromatic rings. The summed E-state index contributed by atoms with van der Waals surface area (Å²) in [5, 5.41) is 0. The van der Waals surface area contributed by atoms with Crippen LogP contribution in [0.4, 0.5) is 0 Å². The minimum absolute atomic E-state index is 0.0446. The lowest BCUT2D eigenvalue weighted by Gasteiger charge is -2.19. The molecule has 2 atom stereocenters. The summed E-state index contributed by atoms with van der Waals surface area (Å²) < 4.78 is 32.8. The van der Waals surface area contributed by atoms with E-state index >= 15 is 0 Å². The molecule has 0 saturated carbocycles. The summed E-state index contributed by atoms with van der Waals surface area (Å²) in [7, 11) is -4.39. The van der Waals surface area contributed by atoms with Crippen LogP contribution in [0.5, 0.6) is 0 Å². The van der Waals surface area contributed by atoms with Crippen LogP contribution in [0.2, 0.25) is 0 Å². The number of hydrogen-bond acceptors (Lipinski definition) is 8. The van der Waals surface area contributed by atoms with Gasteiger partial charge in [0.15, 0.2) is 6.10 Å². The van der Waals surface area contributed by atoms with Crippen LogP contribution >= 0.6 is 7.82 Å². The molecule has 3 N–H and O–H groups in total. The molecular formula is C47H80NO8P. The molecule has 0 saturated heterocycles. The molecule has 326 valence electrons. The van der Waals surface area contributed by atoms with Gasteiger partial charge in [0.1, 0.15) is 6.61 Å². The Labute approximate surface area is 347 Å². The molecule has 0 heterocycles. The van der Waals surface area contributed by atoms with Gasteiger partial charge in [-0.15, -0.1) is 0 Å². The molecule has 0 aliphatic carbocycles. The first-order chi connectivity index (χ1) is 27.8. The zero-order valence-electron chi connectivity index (χ0n) is 35.8. The van der Waals surface area contributed by atoms with E-state index in [1.165, 1.54) is 19.3 Å². The summed E-state index contributed by atoms with van der Waals surface area (Å²) in [6, 6.07) is 0. The highest BCUT2D eigenvalue weighted by atomic mass is 31.2. The number of esters is 2. The number of ether oxygens (including phenoxy) is 2. The second-order valence-electron chi connectivity index (χ2n) is 14.1. The van der Waals surface area contributed by atoms with E-state index in [4.69, 9.17) is 24.3 Å². The Morgan fingerprint density at radius 1 is 0.526 bits per heavy atom. The number of hydrogen-bond donors (Lipinski definition) is 2. The first kappa shape index (κ1) is 54.2. The van der Waals surface area contributed by atoms with E-state index in [0.717, 1.165) is 109 Å². The van der Waals surface area contributed by atoms with Crippen molar-refractivity contribution in [2.45, 2.75) is 174 Å². The first-order valence-corrected chi connectivity index (χ1v) is 23.6. The van der Waals surface area contributed by atoms with Crippen molar-refractivity contribution >= 4 is 19.8 Å². The maximum atomic E-state index is 12.6. The van der Waals surface area contributed by atoms with Gasteiger partial charge in [0, 0.05) is 19.4 Å². The lowest BCUT2D eigenvalue weighted by molar-refractivity contribution is -0.161. The third-order valence-corrected chi connectivity index (χ3v) is 9.76. The number of nitrogens with two attached hydrogens (primary N) is 1. The standard InChI is InChI=1S/C47H80NO8P/c1-3-5-7-9-11-13-15-17-19-21-22-24-26-28-30-32-34-36-38-40-47(50)56-45(44-55-57(51,52)54-42-41-48)43-53-46(49)39-37-35-33-31-29-27-25-23-20-18-16-14-12-10-8-6-4-2/h5-8,11-14,17-20,22,24,45H,3-4,9-10,15-16,21,23,25-44,48H2,1-2H3,(H,51,52)/b7-5-,8-6-,13-11-,14-12-,19-17-,20-18-,24-22-. The summed E-state index contributed by atoms with van der Waals surface area (Å²) in [6.45, 7) is 3.47. The lowest BCUT2D eigenvalue weighted by atomic mass is 10.1. The van der Waals surface area contributed by atoms with E-state index in [2.05, 4.69) is 98.9 Å². The quantitative estimate of drug-likeness (QED) is 0.0268. The Bertz CT molecular complexity index is 1210. The topological polar surface area (TPSA) is 134 Å². The third kappa shape index (κ3) is 42.6. The van der Waals surface area contributed by atoms with Crippen LogP contribution in [0.15, 0.2) is 85.1 Å².